The molecule has 0 aliphatic rings. The smallest absolute Gasteiger partial charge is 0.268 e. The zero-order chi connectivity index (χ0) is 13.0. The van der Waals surface area contributed by atoms with E-state index in [4.69, 9.17) is 5.84 Å². The molecule has 2 aromatic rings. The zero-order valence-corrected chi connectivity index (χ0v) is 10.3. The van der Waals surface area contributed by atoms with Crippen molar-refractivity contribution < 1.29 is 4.79 Å². The number of amides is 1. The molecule has 1 atom stereocenters. The van der Waals surface area contributed by atoms with Gasteiger partial charge in [-0.2, -0.15) is 0 Å². The topological polar surface area (TPSA) is 46.3 Å². The van der Waals surface area contributed by atoms with Gasteiger partial charge in [0, 0.05) is 5.56 Å². The molecule has 2 aromatic carbocycles. The summed E-state index contributed by atoms with van der Waals surface area (Å²) in [5, 5.41) is 1.27. The van der Waals surface area contributed by atoms with E-state index in [-0.39, 0.29) is 11.9 Å². The van der Waals surface area contributed by atoms with Gasteiger partial charge >= 0.3 is 0 Å². The van der Waals surface area contributed by atoms with E-state index in [1.54, 1.807) is 12.1 Å². The Morgan fingerprint density at radius 3 is 2.06 bits per heavy atom. The first kappa shape index (κ1) is 12.3. The summed E-state index contributed by atoms with van der Waals surface area (Å²) in [5.41, 5.74) is 1.62. The monoisotopic (exact) mass is 240 g/mol. The third-order valence-electron chi connectivity index (χ3n) is 2.95. The van der Waals surface area contributed by atoms with E-state index in [0.29, 0.717) is 5.56 Å². The van der Waals surface area contributed by atoms with Crippen LogP contribution >= 0.6 is 0 Å². The molecular formula is C15H16N2O. The molecule has 0 radical (unpaired) electrons. The third kappa shape index (κ3) is 2.57. The number of hydrogen-bond acceptors (Lipinski definition) is 2. The molecule has 2 N–H and O–H groups in total. The van der Waals surface area contributed by atoms with Gasteiger partial charge in [0.1, 0.15) is 0 Å². The second kappa shape index (κ2) is 5.47. The van der Waals surface area contributed by atoms with Crippen molar-refractivity contribution in [2.24, 2.45) is 5.84 Å². The molecule has 0 bridgehead atoms. The van der Waals surface area contributed by atoms with Gasteiger partial charge < -0.3 is 0 Å². The van der Waals surface area contributed by atoms with E-state index in [1.165, 1.54) is 5.01 Å². The minimum atomic E-state index is -0.174. The fourth-order valence-electron chi connectivity index (χ4n) is 1.80. The van der Waals surface area contributed by atoms with Gasteiger partial charge in [-0.25, -0.2) is 5.84 Å². The van der Waals surface area contributed by atoms with Crippen LogP contribution in [0.3, 0.4) is 0 Å². The molecule has 0 fully saturated rings. The molecule has 0 heterocycles. The summed E-state index contributed by atoms with van der Waals surface area (Å²) in [7, 11) is 0. The number of nitrogens with zero attached hydrogens (tertiary/aromatic N) is 1. The second-order valence-electron chi connectivity index (χ2n) is 4.17. The lowest BCUT2D eigenvalue weighted by Gasteiger charge is -2.24. The van der Waals surface area contributed by atoms with Crippen molar-refractivity contribution in [2.45, 2.75) is 13.0 Å². The molecule has 0 aromatic heterocycles. The Bertz CT molecular complexity index is 511. The van der Waals surface area contributed by atoms with Gasteiger partial charge in [0.25, 0.3) is 5.91 Å². The fourth-order valence-corrected chi connectivity index (χ4v) is 1.80. The highest BCUT2D eigenvalue weighted by Gasteiger charge is 2.19. The number of nitrogens with two attached hydrogens (primary N) is 1. The van der Waals surface area contributed by atoms with E-state index >= 15 is 0 Å². The van der Waals surface area contributed by atoms with Crippen molar-refractivity contribution in [3.05, 3.63) is 71.8 Å². The van der Waals surface area contributed by atoms with Crippen LogP contribution < -0.4 is 5.84 Å². The minimum Gasteiger partial charge on any atom is -0.269 e. The van der Waals surface area contributed by atoms with Gasteiger partial charge in [-0.3, -0.25) is 9.80 Å². The molecule has 3 heteroatoms. The summed E-state index contributed by atoms with van der Waals surface area (Å²) in [4.78, 5) is 12.2. The van der Waals surface area contributed by atoms with Crippen LogP contribution in [-0.2, 0) is 0 Å². The summed E-state index contributed by atoms with van der Waals surface area (Å²) in [5.74, 6) is 5.73. The molecular weight excluding hydrogens is 224 g/mol. The van der Waals surface area contributed by atoms with Crippen LogP contribution in [0.5, 0.6) is 0 Å². The average molecular weight is 240 g/mol. The summed E-state index contributed by atoms with van der Waals surface area (Å²) >= 11 is 0. The number of hydrazine groups is 1. The first-order valence-corrected chi connectivity index (χ1v) is 5.88. The SMILES string of the molecule is C[C@@H](c1ccccc1)N(N)C(=O)c1ccccc1. The van der Waals surface area contributed by atoms with Crippen molar-refractivity contribution in [3.8, 4) is 0 Å². The van der Waals surface area contributed by atoms with Gasteiger partial charge in [-0.05, 0) is 24.6 Å². The van der Waals surface area contributed by atoms with E-state index in [0.717, 1.165) is 5.56 Å². The van der Waals surface area contributed by atoms with Crippen LogP contribution in [-0.4, -0.2) is 10.9 Å². The van der Waals surface area contributed by atoms with Crippen LogP contribution in [0, 0.1) is 0 Å². The summed E-state index contributed by atoms with van der Waals surface area (Å²) < 4.78 is 0. The predicted molar refractivity (Wildman–Crippen MR) is 71.7 cm³/mol. The molecule has 0 spiro atoms. The first-order chi connectivity index (χ1) is 8.70. The normalized spacial score (nSPS) is 11.9. The van der Waals surface area contributed by atoms with Crippen LogP contribution in [0.25, 0.3) is 0 Å². The Morgan fingerprint density at radius 1 is 1.00 bits per heavy atom. The number of rotatable bonds is 3. The lowest BCUT2D eigenvalue weighted by Crippen LogP contribution is -2.39. The standard InChI is InChI=1S/C15H16N2O/c1-12(13-8-4-2-5-9-13)17(16)15(18)14-10-6-3-7-11-14/h2-12H,16H2,1H3/t12-/m0/s1. The Kier molecular flexibility index (Phi) is 3.75. The van der Waals surface area contributed by atoms with Crippen molar-refractivity contribution in [2.75, 3.05) is 0 Å². The van der Waals surface area contributed by atoms with E-state index in [1.807, 2.05) is 55.5 Å². The van der Waals surface area contributed by atoms with Gasteiger partial charge in [-0.15, -0.1) is 0 Å². The highest BCUT2D eigenvalue weighted by Crippen LogP contribution is 2.18. The highest BCUT2D eigenvalue weighted by molar-refractivity contribution is 5.94. The third-order valence-corrected chi connectivity index (χ3v) is 2.95. The molecule has 1 amide bonds. The maximum atomic E-state index is 12.2. The number of carbonyl (C=O) groups is 1. The van der Waals surface area contributed by atoms with E-state index in [9.17, 15) is 4.79 Å². The molecule has 92 valence electrons. The van der Waals surface area contributed by atoms with Gasteiger partial charge in [0.15, 0.2) is 0 Å². The van der Waals surface area contributed by atoms with Crippen molar-refractivity contribution in [3.63, 3.8) is 0 Å². The first-order valence-electron chi connectivity index (χ1n) is 5.88. The molecule has 18 heavy (non-hydrogen) atoms. The Morgan fingerprint density at radius 2 is 1.50 bits per heavy atom. The second-order valence-corrected chi connectivity index (χ2v) is 4.17. The van der Waals surface area contributed by atoms with Crippen LogP contribution in [0.1, 0.15) is 28.9 Å². The lowest BCUT2D eigenvalue weighted by molar-refractivity contribution is 0.0690. The highest BCUT2D eigenvalue weighted by atomic mass is 16.2. The fraction of sp³-hybridized carbons (Fsp3) is 0.133. The summed E-state index contributed by atoms with van der Waals surface area (Å²) in [6.07, 6.45) is 0. The van der Waals surface area contributed by atoms with Crippen molar-refractivity contribution in [1.82, 2.24) is 5.01 Å². The van der Waals surface area contributed by atoms with E-state index < -0.39 is 0 Å². The number of benzene rings is 2. The van der Waals surface area contributed by atoms with Gasteiger partial charge in [0.05, 0.1) is 6.04 Å². The molecule has 0 aliphatic heterocycles. The Labute approximate surface area is 107 Å². The predicted octanol–water partition coefficient (Wildman–Crippen LogP) is 2.76. The quantitative estimate of drug-likeness (QED) is 0.509. The molecule has 0 aliphatic carbocycles. The molecule has 0 saturated carbocycles. The molecule has 3 nitrogen and oxygen atoms in total. The van der Waals surface area contributed by atoms with Crippen LogP contribution in [0.4, 0.5) is 0 Å². The Hall–Kier alpha value is -2.13. The summed E-state index contributed by atoms with van der Waals surface area (Å²) in [6, 6.07) is 18.6. The number of carbonyl (C=O) groups excluding carboxylic acids is 1. The average Bonchev–Trinajstić information content (AvgIpc) is 2.47. The van der Waals surface area contributed by atoms with Gasteiger partial charge in [0.2, 0.25) is 0 Å². The molecule has 2 rings (SSSR count). The lowest BCUT2D eigenvalue weighted by atomic mass is 10.1. The molecule has 0 saturated heterocycles. The molecule has 0 unspecified atom stereocenters. The summed E-state index contributed by atoms with van der Waals surface area (Å²) in [6.45, 7) is 1.91. The van der Waals surface area contributed by atoms with E-state index in [2.05, 4.69) is 0 Å². The Balaban J connectivity index is 2.17. The zero-order valence-electron chi connectivity index (χ0n) is 10.3. The maximum absolute atomic E-state index is 12.2. The van der Waals surface area contributed by atoms with Crippen molar-refractivity contribution in [1.29, 1.82) is 0 Å². The van der Waals surface area contributed by atoms with Crippen molar-refractivity contribution >= 4 is 5.91 Å². The van der Waals surface area contributed by atoms with Crippen LogP contribution in [0.15, 0.2) is 60.7 Å². The van der Waals surface area contributed by atoms with Gasteiger partial charge in [-0.1, -0.05) is 48.5 Å². The minimum absolute atomic E-state index is 0.154. The number of hydrogen-bond donors (Lipinski definition) is 1. The largest absolute Gasteiger partial charge is 0.269 e. The maximum Gasteiger partial charge on any atom is 0.268 e. The van der Waals surface area contributed by atoms with Crippen LogP contribution in [0.2, 0.25) is 0 Å².